The molecule has 0 aliphatic rings. The van der Waals surface area contributed by atoms with Crippen LogP contribution in [0.5, 0.6) is 0 Å². The Morgan fingerprint density at radius 2 is 1.79 bits per heavy atom. The number of benzene rings is 2. The maximum absolute atomic E-state index is 13.1. The van der Waals surface area contributed by atoms with E-state index >= 15 is 0 Å². The maximum Gasteiger partial charge on any atom is 0.200 e. The molecule has 2 aromatic carbocycles. The molecule has 0 saturated heterocycles. The minimum absolute atomic E-state index is 0.189. The van der Waals surface area contributed by atoms with Crippen LogP contribution < -0.4 is 11.2 Å². The normalized spacial score (nSPS) is 10.8. The van der Waals surface area contributed by atoms with Gasteiger partial charge in [-0.2, -0.15) is 0 Å². The first-order valence-corrected chi connectivity index (χ1v) is 5.72. The number of halogens is 1. The quantitative estimate of drug-likeness (QED) is 0.679. The molecule has 1 aromatic heterocycles. The molecule has 19 heavy (non-hydrogen) atoms. The Kier molecular flexibility index (Phi) is 2.56. The topological polar surface area (TPSA) is 56.2 Å². The van der Waals surface area contributed by atoms with Gasteiger partial charge in [0.05, 0.1) is 10.9 Å². The molecule has 94 valence electrons. The van der Waals surface area contributed by atoms with Crippen molar-refractivity contribution in [2.45, 2.75) is 0 Å². The molecule has 3 rings (SSSR count). The fraction of sp³-hybridized carbons (Fsp3) is 0. The van der Waals surface area contributed by atoms with Crippen LogP contribution in [0.4, 0.5) is 10.1 Å². The van der Waals surface area contributed by atoms with Crippen molar-refractivity contribution in [2.24, 2.45) is 0 Å². The summed E-state index contributed by atoms with van der Waals surface area (Å²) in [5.74, 6) is -0.434. The van der Waals surface area contributed by atoms with E-state index in [4.69, 9.17) is 10.2 Å². The first-order chi connectivity index (χ1) is 9.15. The van der Waals surface area contributed by atoms with E-state index in [1.54, 1.807) is 24.3 Å². The Balaban J connectivity index is 2.26. The van der Waals surface area contributed by atoms with Crippen LogP contribution in [0.2, 0.25) is 0 Å². The molecule has 4 heteroatoms. The summed E-state index contributed by atoms with van der Waals surface area (Å²) in [6.07, 6.45) is 1.34. The van der Waals surface area contributed by atoms with Crippen LogP contribution in [0.25, 0.3) is 22.1 Å². The highest BCUT2D eigenvalue weighted by Gasteiger charge is 2.09. The lowest BCUT2D eigenvalue weighted by atomic mass is 10.1. The van der Waals surface area contributed by atoms with Gasteiger partial charge in [0.15, 0.2) is 5.43 Å². The van der Waals surface area contributed by atoms with E-state index in [1.165, 1.54) is 24.5 Å². The Labute approximate surface area is 108 Å². The summed E-state index contributed by atoms with van der Waals surface area (Å²) in [5, 5.41) is 0.357. The van der Waals surface area contributed by atoms with E-state index < -0.39 is 5.82 Å². The number of rotatable bonds is 1. The van der Waals surface area contributed by atoms with Crippen LogP contribution in [0.15, 0.2) is 57.9 Å². The van der Waals surface area contributed by atoms with Crippen molar-refractivity contribution in [3.63, 3.8) is 0 Å². The first-order valence-electron chi connectivity index (χ1n) is 5.72. The van der Waals surface area contributed by atoms with Gasteiger partial charge in [-0.05, 0) is 29.8 Å². The Morgan fingerprint density at radius 3 is 2.53 bits per heavy atom. The SMILES string of the molecule is Nc1ccc(-c2coc3cc(F)ccc3c2=O)cc1. The van der Waals surface area contributed by atoms with Gasteiger partial charge in [0.25, 0.3) is 0 Å². The average molecular weight is 255 g/mol. The largest absolute Gasteiger partial charge is 0.463 e. The van der Waals surface area contributed by atoms with Gasteiger partial charge in [0.2, 0.25) is 0 Å². The summed E-state index contributed by atoms with van der Waals surface area (Å²) in [7, 11) is 0. The van der Waals surface area contributed by atoms with Gasteiger partial charge < -0.3 is 10.2 Å². The van der Waals surface area contributed by atoms with Crippen molar-refractivity contribution in [1.82, 2.24) is 0 Å². The molecule has 0 saturated carbocycles. The molecule has 0 radical (unpaired) electrons. The number of hydrogen-bond acceptors (Lipinski definition) is 3. The van der Waals surface area contributed by atoms with E-state index in [0.29, 0.717) is 22.2 Å². The maximum atomic E-state index is 13.1. The summed E-state index contributed by atoms with van der Waals surface area (Å²) in [4.78, 5) is 12.3. The van der Waals surface area contributed by atoms with Gasteiger partial charge in [0.1, 0.15) is 17.7 Å². The molecule has 3 aromatic rings. The second-order valence-electron chi connectivity index (χ2n) is 4.24. The monoisotopic (exact) mass is 255 g/mol. The van der Waals surface area contributed by atoms with Crippen molar-refractivity contribution in [3.8, 4) is 11.1 Å². The number of anilines is 1. The fourth-order valence-electron chi connectivity index (χ4n) is 1.96. The van der Waals surface area contributed by atoms with Crippen LogP contribution in [-0.2, 0) is 0 Å². The number of fused-ring (bicyclic) bond motifs is 1. The van der Waals surface area contributed by atoms with Gasteiger partial charge in [0, 0.05) is 11.8 Å². The molecular weight excluding hydrogens is 245 g/mol. The van der Waals surface area contributed by atoms with Crippen molar-refractivity contribution in [3.05, 3.63) is 64.8 Å². The van der Waals surface area contributed by atoms with Crippen LogP contribution in [0.3, 0.4) is 0 Å². The first kappa shape index (κ1) is 11.5. The van der Waals surface area contributed by atoms with Crippen molar-refractivity contribution < 1.29 is 8.81 Å². The summed E-state index contributed by atoms with van der Waals surface area (Å²) in [6.45, 7) is 0. The summed E-state index contributed by atoms with van der Waals surface area (Å²) < 4.78 is 18.4. The molecular formula is C15H10FNO2. The van der Waals surface area contributed by atoms with E-state index in [9.17, 15) is 9.18 Å². The van der Waals surface area contributed by atoms with Gasteiger partial charge in [-0.25, -0.2) is 4.39 Å². The molecule has 0 aliphatic carbocycles. The Hall–Kier alpha value is -2.62. The summed E-state index contributed by atoms with van der Waals surface area (Å²) in [5.41, 5.74) is 7.43. The highest BCUT2D eigenvalue weighted by Crippen LogP contribution is 2.21. The van der Waals surface area contributed by atoms with E-state index in [-0.39, 0.29) is 11.0 Å². The lowest BCUT2D eigenvalue weighted by Crippen LogP contribution is -2.04. The van der Waals surface area contributed by atoms with Crippen LogP contribution in [0, 0.1) is 5.82 Å². The van der Waals surface area contributed by atoms with Crippen LogP contribution in [-0.4, -0.2) is 0 Å². The van der Waals surface area contributed by atoms with Gasteiger partial charge >= 0.3 is 0 Å². The second kappa shape index (κ2) is 4.24. The molecule has 3 nitrogen and oxygen atoms in total. The molecule has 0 bridgehead atoms. The van der Waals surface area contributed by atoms with Crippen molar-refractivity contribution in [1.29, 1.82) is 0 Å². The number of hydrogen-bond donors (Lipinski definition) is 1. The third-order valence-electron chi connectivity index (χ3n) is 2.96. The standard InChI is InChI=1S/C15H10FNO2/c16-10-3-6-12-14(7-10)19-8-13(15(12)18)9-1-4-11(17)5-2-9/h1-8H,17H2. The third kappa shape index (κ3) is 1.97. The van der Waals surface area contributed by atoms with E-state index in [2.05, 4.69) is 0 Å². The number of nitrogens with two attached hydrogens (primary N) is 1. The van der Waals surface area contributed by atoms with Crippen LogP contribution >= 0.6 is 0 Å². The Morgan fingerprint density at radius 1 is 1.05 bits per heavy atom. The lowest BCUT2D eigenvalue weighted by Gasteiger charge is -2.03. The van der Waals surface area contributed by atoms with E-state index in [0.717, 1.165) is 0 Å². The summed E-state index contributed by atoms with van der Waals surface area (Å²) in [6, 6.07) is 10.8. The minimum atomic E-state index is -0.434. The minimum Gasteiger partial charge on any atom is -0.463 e. The third-order valence-corrected chi connectivity index (χ3v) is 2.96. The molecule has 0 amide bonds. The van der Waals surface area contributed by atoms with E-state index in [1.807, 2.05) is 0 Å². The second-order valence-corrected chi connectivity index (χ2v) is 4.24. The molecule has 0 unspecified atom stereocenters. The van der Waals surface area contributed by atoms with Crippen molar-refractivity contribution >= 4 is 16.7 Å². The predicted molar refractivity (Wildman–Crippen MR) is 72.3 cm³/mol. The Bertz CT molecular complexity index is 806. The highest BCUT2D eigenvalue weighted by atomic mass is 19.1. The average Bonchev–Trinajstić information content (AvgIpc) is 2.40. The van der Waals surface area contributed by atoms with Gasteiger partial charge in [-0.1, -0.05) is 12.1 Å². The molecule has 0 atom stereocenters. The highest BCUT2D eigenvalue weighted by molar-refractivity contribution is 5.81. The smallest absolute Gasteiger partial charge is 0.200 e. The zero-order chi connectivity index (χ0) is 13.4. The lowest BCUT2D eigenvalue weighted by molar-refractivity contribution is 0.590. The molecule has 0 aliphatic heterocycles. The summed E-state index contributed by atoms with van der Waals surface area (Å²) >= 11 is 0. The van der Waals surface area contributed by atoms with Gasteiger partial charge in [-0.3, -0.25) is 4.79 Å². The predicted octanol–water partition coefficient (Wildman–Crippen LogP) is 3.18. The molecule has 2 N–H and O–H groups in total. The van der Waals surface area contributed by atoms with Crippen LogP contribution in [0.1, 0.15) is 0 Å². The molecule has 0 spiro atoms. The van der Waals surface area contributed by atoms with Gasteiger partial charge in [-0.15, -0.1) is 0 Å². The molecule has 0 fully saturated rings. The zero-order valence-electron chi connectivity index (χ0n) is 9.89. The fourth-order valence-corrected chi connectivity index (χ4v) is 1.96. The zero-order valence-corrected chi connectivity index (χ0v) is 9.89. The molecule has 1 heterocycles. The number of nitrogen functional groups attached to an aromatic ring is 1. The van der Waals surface area contributed by atoms with Crippen molar-refractivity contribution in [2.75, 3.05) is 5.73 Å².